The minimum absolute atomic E-state index is 0.314. The zero-order valence-electron chi connectivity index (χ0n) is 13.5. The Labute approximate surface area is 135 Å². The van der Waals surface area contributed by atoms with Crippen LogP contribution in [0.5, 0.6) is 0 Å². The van der Waals surface area contributed by atoms with E-state index in [1.807, 2.05) is 44.2 Å². The zero-order valence-corrected chi connectivity index (χ0v) is 13.5. The van der Waals surface area contributed by atoms with Crippen molar-refractivity contribution in [1.29, 1.82) is 0 Å². The SMILES string of the molecule is Cc1cc(C)cc(NC(=O)[C@@]2(C)Cc3ccccc3C(=O)O2)c1. The van der Waals surface area contributed by atoms with E-state index in [1.165, 1.54) is 0 Å². The molecule has 1 N–H and O–H groups in total. The van der Waals surface area contributed by atoms with Gasteiger partial charge in [0.25, 0.3) is 5.91 Å². The lowest BCUT2D eigenvalue weighted by Crippen LogP contribution is -2.48. The van der Waals surface area contributed by atoms with E-state index in [1.54, 1.807) is 19.1 Å². The van der Waals surface area contributed by atoms with Crippen LogP contribution >= 0.6 is 0 Å². The van der Waals surface area contributed by atoms with Crippen molar-refractivity contribution < 1.29 is 14.3 Å². The van der Waals surface area contributed by atoms with E-state index in [0.29, 0.717) is 17.7 Å². The Hall–Kier alpha value is -2.62. The largest absolute Gasteiger partial charge is 0.445 e. The Morgan fingerprint density at radius 1 is 1.13 bits per heavy atom. The topological polar surface area (TPSA) is 55.4 Å². The molecule has 3 rings (SSSR count). The van der Waals surface area contributed by atoms with Crippen molar-refractivity contribution >= 4 is 17.6 Å². The number of fused-ring (bicyclic) bond motifs is 1. The minimum Gasteiger partial charge on any atom is -0.445 e. The molecule has 0 fully saturated rings. The van der Waals surface area contributed by atoms with Gasteiger partial charge in [-0.25, -0.2) is 4.79 Å². The molecule has 0 unspecified atom stereocenters. The van der Waals surface area contributed by atoms with Crippen LogP contribution in [0.15, 0.2) is 42.5 Å². The molecule has 1 heterocycles. The number of hydrogen-bond donors (Lipinski definition) is 1. The van der Waals surface area contributed by atoms with Gasteiger partial charge < -0.3 is 10.1 Å². The lowest BCUT2D eigenvalue weighted by Gasteiger charge is -2.33. The van der Waals surface area contributed by atoms with Gasteiger partial charge in [-0.15, -0.1) is 0 Å². The fraction of sp³-hybridized carbons (Fsp3) is 0.263. The second-order valence-corrected chi connectivity index (χ2v) is 6.28. The molecule has 0 aliphatic carbocycles. The number of esters is 1. The van der Waals surface area contributed by atoms with E-state index in [2.05, 4.69) is 5.32 Å². The molecule has 0 radical (unpaired) electrons. The highest BCUT2D eigenvalue weighted by Crippen LogP contribution is 2.29. The maximum absolute atomic E-state index is 12.7. The number of aryl methyl sites for hydroxylation is 2. The Bertz CT molecular complexity index is 777. The molecule has 0 bridgehead atoms. The van der Waals surface area contributed by atoms with Gasteiger partial charge in [-0.2, -0.15) is 0 Å². The number of amides is 1. The highest BCUT2D eigenvalue weighted by Gasteiger charge is 2.42. The predicted octanol–water partition coefficient (Wildman–Crippen LogP) is 3.41. The number of carbonyl (C=O) groups excluding carboxylic acids is 2. The monoisotopic (exact) mass is 309 g/mol. The van der Waals surface area contributed by atoms with Crippen molar-refractivity contribution in [3.05, 3.63) is 64.7 Å². The zero-order chi connectivity index (χ0) is 16.6. The Kier molecular flexibility index (Phi) is 3.68. The van der Waals surface area contributed by atoms with Crippen LogP contribution in [0.2, 0.25) is 0 Å². The number of anilines is 1. The Morgan fingerprint density at radius 2 is 1.78 bits per heavy atom. The average Bonchev–Trinajstić information content (AvgIpc) is 2.46. The van der Waals surface area contributed by atoms with Gasteiger partial charge in [-0.3, -0.25) is 4.79 Å². The van der Waals surface area contributed by atoms with E-state index in [4.69, 9.17) is 4.74 Å². The maximum atomic E-state index is 12.7. The Balaban J connectivity index is 1.86. The second-order valence-electron chi connectivity index (χ2n) is 6.28. The third kappa shape index (κ3) is 2.97. The van der Waals surface area contributed by atoms with Gasteiger partial charge >= 0.3 is 5.97 Å². The number of rotatable bonds is 2. The lowest BCUT2D eigenvalue weighted by molar-refractivity contribution is -0.134. The summed E-state index contributed by atoms with van der Waals surface area (Å²) in [6, 6.07) is 13.1. The molecule has 0 saturated heterocycles. The van der Waals surface area contributed by atoms with E-state index in [9.17, 15) is 9.59 Å². The van der Waals surface area contributed by atoms with E-state index >= 15 is 0 Å². The summed E-state index contributed by atoms with van der Waals surface area (Å²) in [5.74, 6) is -0.768. The van der Waals surface area contributed by atoms with Crippen LogP contribution in [0.4, 0.5) is 5.69 Å². The first-order chi connectivity index (χ1) is 10.9. The molecule has 1 aliphatic heterocycles. The first-order valence-electron chi connectivity index (χ1n) is 7.58. The molecule has 4 nitrogen and oxygen atoms in total. The number of carbonyl (C=O) groups is 2. The van der Waals surface area contributed by atoms with Crippen LogP contribution in [0.3, 0.4) is 0 Å². The summed E-state index contributed by atoms with van der Waals surface area (Å²) < 4.78 is 5.44. The quantitative estimate of drug-likeness (QED) is 0.865. The highest BCUT2D eigenvalue weighted by molar-refractivity contribution is 6.02. The summed E-state index contributed by atoms with van der Waals surface area (Å²) in [7, 11) is 0. The van der Waals surface area contributed by atoms with Crippen molar-refractivity contribution in [2.24, 2.45) is 0 Å². The van der Waals surface area contributed by atoms with Crippen LogP contribution in [-0.4, -0.2) is 17.5 Å². The third-order valence-corrected chi connectivity index (χ3v) is 4.04. The molecule has 1 aliphatic rings. The number of ether oxygens (including phenoxy) is 1. The molecule has 1 atom stereocenters. The molecule has 23 heavy (non-hydrogen) atoms. The van der Waals surface area contributed by atoms with Crippen LogP contribution in [-0.2, 0) is 16.0 Å². The van der Waals surface area contributed by atoms with Gasteiger partial charge in [0.1, 0.15) is 0 Å². The van der Waals surface area contributed by atoms with Gasteiger partial charge in [0.05, 0.1) is 5.56 Å². The van der Waals surface area contributed by atoms with Crippen LogP contribution in [0.25, 0.3) is 0 Å². The van der Waals surface area contributed by atoms with Crippen molar-refractivity contribution in [1.82, 2.24) is 0 Å². The molecule has 0 saturated carbocycles. The van der Waals surface area contributed by atoms with Crippen molar-refractivity contribution in [3.63, 3.8) is 0 Å². The van der Waals surface area contributed by atoms with Gasteiger partial charge in [0, 0.05) is 12.1 Å². The summed E-state index contributed by atoms with van der Waals surface area (Å²) in [4.78, 5) is 24.8. The van der Waals surface area contributed by atoms with Gasteiger partial charge in [0.15, 0.2) is 5.60 Å². The first kappa shape index (κ1) is 15.3. The summed E-state index contributed by atoms with van der Waals surface area (Å²) >= 11 is 0. The number of hydrogen-bond acceptors (Lipinski definition) is 3. The average molecular weight is 309 g/mol. The van der Waals surface area contributed by atoms with E-state index in [0.717, 1.165) is 16.7 Å². The van der Waals surface area contributed by atoms with Crippen molar-refractivity contribution in [2.75, 3.05) is 5.32 Å². The number of cyclic esters (lactones) is 1. The van der Waals surface area contributed by atoms with Gasteiger partial charge in [-0.1, -0.05) is 24.3 Å². The van der Waals surface area contributed by atoms with Gasteiger partial charge in [0.2, 0.25) is 0 Å². The molecule has 0 aromatic heterocycles. The number of nitrogens with one attached hydrogen (secondary N) is 1. The fourth-order valence-corrected chi connectivity index (χ4v) is 2.97. The molecular weight excluding hydrogens is 290 g/mol. The third-order valence-electron chi connectivity index (χ3n) is 4.04. The van der Waals surface area contributed by atoms with Crippen LogP contribution in [0.1, 0.15) is 34.0 Å². The maximum Gasteiger partial charge on any atom is 0.339 e. The van der Waals surface area contributed by atoms with Crippen LogP contribution in [0, 0.1) is 13.8 Å². The fourth-order valence-electron chi connectivity index (χ4n) is 2.97. The first-order valence-corrected chi connectivity index (χ1v) is 7.58. The molecule has 4 heteroatoms. The van der Waals surface area contributed by atoms with Crippen molar-refractivity contribution in [3.8, 4) is 0 Å². The highest BCUT2D eigenvalue weighted by atomic mass is 16.6. The summed E-state index contributed by atoms with van der Waals surface area (Å²) in [5.41, 5.74) is 3.01. The second kappa shape index (κ2) is 5.54. The summed E-state index contributed by atoms with van der Waals surface area (Å²) in [5, 5.41) is 2.87. The molecule has 1 amide bonds. The molecular formula is C19H19NO3. The molecule has 2 aromatic carbocycles. The molecule has 0 spiro atoms. The van der Waals surface area contributed by atoms with E-state index in [-0.39, 0.29) is 5.91 Å². The van der Waals surface area contributed by atoms with E-state index < -0.39 is 11.6 Å². The van der Waals surface area contributed by atoms with Crippen molar-refractivity contribution in [2.45, 2.75) is 32.8 Å². The summed E-state index contributed by atoms with van der Waals surface area (Å²) in [6.45, 7) is 5.60. The lowest BCUT2D eigenvalue weighted by atomic mass is 9.89. The predicted molar refractivity (Wildman–Crippen MR) is 88.5 cm³/mol. The Morgan fingerprint density at radius 3 is 2.48 bits per heavy atom. The molecule has 2 aromatic rings. The smallest absolute Gasteiger partial charge is 0.339 e. The standard InChI is InChI=1S/C19H19NO3/c1-12-8-13(2)10-15(9-12)20-18(22)19(3)11-14-6-4-5-7-16(14)17(21)23-19/h4-10H,11H2,1-3H3,(H,20,22)/t19-/m1/s1. The van der Waals surface area contributed by atoms with Crippen LogP contribution < -0.4 is 5.32 Å². The minimum atomic E-state index is -1.21. The number of benzene rings is 2. The van der Waals surface area contributed by atoms with Gasteiger partial charge in [-0.05, 0) is 55.7 Å². The normalized spacial score (nSPS) is 19.7. The summed E-state index contributed by atoms with van der Waals surface area (Å²) in [6.07, 6.45) is 0.367. The molecule has 118 valence electrons.